The SMILES string of the molecule is CC(C)Cn1[nH]c2c(c1=O)C[C@@H](C)CN2. The number of hydrogen-bond acceptors (Lipinski definition) is 2. The van der Waals surface area contributed by atoms with Crippen LogP contribution in [0.15, 0.2) is 4.79 Å². The van der Waals surface area contributed by atoms with Gasteiger partial charge in [0.05, 0.1) is 5.56 Å². The molecule has 0 radical (unpaired) electrons. The van der Waals surface area contributed by atoms with Crippen molar-refractivity contribution in [2.75, 3.05) is 11.9 Å². The summed E-state index contributed by atoms with van der Waals surface area (Å²) < 4.78 is 1.72. The van der Waals surface area contributed by atoms with Crippen molar-refractivity contribution in [2.24, 2.45) is 11.8 Å². The van der Waals surface area contributed by atoms with E-state index < -0.39 is 0 Å². The molecule has 1 aliphatic heterocycles. The number of fused-ring (bicyclic) bond motifs is 1. The Labute approximate surface area is 89.7 Å². The van der Waals surface area contributed by atoms with Crippen LogP contribution in [0.3, 0.4) is 0 Å². The number of anilines is 1. The molecule has 0 saturated carbocycles. The summed E-state index contributed by atoms with van der Waals surface area (Å²) in [5.74, 6) is 1.97. The van der Waals surface area contributed by atoms with E-state index in [1.54, 1.807) is 4.68 Å². The van der Waals surface area contributed by atoms with Gasteiger partial charge in [0.25, 0.3) is 5.56 Å². The molecule has 4 heteroatoms. The number of aromatic amines is 1. The first kappa shape index (κ1) is 10.3. The monoisotopic (exact) mass is 209 g/mol. The first-order valence-electron chi connectivity index (χ1n) is 5.63. The molecule has 1 aromatic heterocycles. The van der Waals surface area contributed by atoms with Gasteiger partial charge in [-0.3, -0.25) is 14.6 Å². The molecule has 2 N–H and O–H groups in total. The number of nitrogens with one attached hydrogen (secondary N) is 2. The van der Waals surface area contributed by atoms with Crippen molar-refractivity contribution in [1.29, 1.82) is 0 Å². The number of rotatable bonds is 2. The van der Waals surface area contributed by atoms with E-state index >= 15 is 0 Å². The Bertz CT molecular complexity index is 402. The number of H-pyrrole nitrogens is 1. The highest BCUT2D eigenvalue weighted by atomic mass is 16.1. The highest BCUT2D eigenvalue weighted by Gasteiger charge is 2.21. The van der Waals surface area contributed by atoms with Gasteiger partial charge in [-0.1, -0.05) is 20.8 Å². The van der Waals surface area contributed by atoms with Crippen LogP contribution in [0, 0.1) is 11.8 Å². The van der Waals surface area contributed by atoms with Crippen molar-refractivity contribution in [1.82, 2.24) is 9.78 Å². The lowest BCUT2D eigenvalue weighted by molar-refractivity contribution is 0.473. The minimum absolute atomic E-state index is 0.151. The van der Waals surface area contributed by atoms with Crippen LogP contribution < -0.4 is 10.9 Å². The van der Waals surface area contributed by atoms with Crippen LogP contribution in [0.2, 0.25) is 0 Å². The second-order valence-corrected chi connectivity index (χ2v) is 4.97. The number of nitrogens with zero attached hydrogens (tertiary/aromatic N) is 1. The molecule has 0 spiro atoms. The van der Waals surface area contributed by atoms with Crippen molar-refractivity contribution >= 4 is 5.82 Å². The predicted molar refractivity (Wildman–Crippen MR) is 61.2 cm³/mol. The Hall–Kier alpha value is -1.19. The molecule has 0 amide bonds. The van der Waals surface area contributed by atoms with Gasteiger partial charge in [-0.15, -0.1) is 0 Å². The molecule has 0 fully saturated rings. The Kier molecular flexibility index (Phi) is 2.59. The van der Waals surface area contributed by atoms with E-state index in [9.17, 15) is 4.79 Å². The first-order valence-corrected chi connectivity index (χ1v) is 5.63. The maximum absolute atomic E-state index is 12.0. The van der Waals surface area contributed by atoms with Crippen molar-refractivity contribution < 1.29 is 0 Å². The van der Waals surface area contributed by atoms with Crippen LogP contribution in [-0.2, 0) is 13.0 Å². The standard InChI is InChI=1S/C11H19N3O/c1-7(2)6-14-11(15)9-4-8(3)5-12-10(9)13-14/h7-8,12-13H,4-6H2,1-3H3/t8-/m1/s1. The van der Waals surface area contributed by atoms with Gasteiger partial charge in [-0.05, 0) is 18.3 Å². The Morgan fingerprint density at radius 1 is 1.53 bits per heavy atom. The van der Waals surface area contributed by atoms with Crippen LogP contribution in [-0.4, -0.2) is 16.3 Å². The summed E-state index contributed by atoms with van der Waals surface area (Å²) in [6, 6.07) is 0. The summed E-state index contributed by atoms with van der Waals surface area (Å²) in [5, 5.41) is 6.42. The molecule has 1 atom stereocenters. The molecule has 0 saturated heterocycles. The van der Waals surface area contributed by atoms with Gasteiger partial charge in [0.1, 0.15) is 5.82 Å². The minimum atomic E-state index is 0.151. The van der Waals surface area contributed by atoms with Gasteiger partial charge in [0.2, 0.25) is 0 Å². The summed E-state index contributed by atoms with van der Waals surface area (Å²) >= 11 is 0. The van der Waals surface area contributed by atoms with Crippen molar-refractivity contribution in [2.45, 2.75) is 33.7 Å². The number of aromatic nitrogens is 2. The van der Waals surface area contributed by atoms with E-state index in [4.69, 9.17) is 0 Å². The molecule has 15 heavy (non-hydrogen) atoms. The Balaban J connectivity index is 2.33. The molecule has 4 nitrogen and oxygen atoms in total. The first-order chi connectivity index (χ1) is 7.08. The average molecular weight is 209 g/mol. The van der Waals surface area contributed by atoms with Gasteiger partial charge in [0.15, 0.2) is 0 Å². The summed E-state index contributed by atoms with van der Waals surface area (Å²) in [4.78, 5) is 12.0. The number of hydrogen-bond donors (Lipinski definition) is 2. The van der Waals surface area contributed by atoms with Crippen LogP contribution in [0.25, 0.3) is 0 Å². The van der Waals surface area contributed by atoms with Gasteiger partial charge in [-0.2, -0.15) is 0 Å². The summed E-state index contributed by atoms with van der Waals surface area (Å²) in [7, 11) is 0. The average Bonchev–Trinajstić information content (AvgIpc) is 2.44. The molecule has 0 aliphatic carbocycles. The molecule has 0 aromatic carbocycles. The van der Waals surface area contributed by atoms with Gasteiger partial charge in [0, 0.05) is 13.1 Å². The van der Waals surface area contributed by atoms with E-state index in [-0.39, 0.29) is 5.56 Å². The fourth-order valence-corrected chi connectivity index (χ4v) is 2.05. The maximum Gasteiger partial charge on any atom is 0.271 e. The van der Waals surface area contributed by atoms with E-state index in [1.807, 2.05) is 0 Å². The third kappa shape index (κ3) is 1.94. The van der Waals surface area contributed by atoms with Gasteiger partial charge >= 0.3 is 0 Å². The third-order valence-electron chi connectivity index (χ3n) is 2.78. The van der Waals surface area contributed by atoms with Crippen molar-refractivity contribution in [3.8, 4) is 0 Å². The zero-order valence-corrected chi connectivity index (χ0v) is 9.63. The van der Waals surface area contributed by atoms with Gasteiger partial charge in [-0.25, -0.2) is 0 Å². The normalized spacial score (nSPS) is 20.1. The molecule has 2 rings (SSSR count). The topological polar surface area (TPSA) is 49.8 Å². The molecule has 2 heterocycles. The predicted octanol–water partition coefficient (Wildman–Crippen LogP) is 1.44. The largest absolute Gasteiger partial charge is 0.370 e. The van der Waals surface area contributed by atoms with Crippen LogP contribution in [0.5, 0.6) is 0 Å². The Morgan fingerprint density at radius 3 is 2.93 bits per heavy atom. The highest BCUT2D eigenvalue weighted by molar-refractivity contribution is 5.45. The van der Waals surface area contributed by atoms with Crippen molar-refractivity contribution in [3.63, 3.8) is 0 Å². The molecule has 1 aliphatic rings. The summed E-state index contributed by atoms with van der Waals surface area (Å²) in [6.07, 6.45) is 0.892. The third-order valence-corrected chi connectivity index (χ3v) is 2.78. The zero-order chi connectivity index (χ0) is 11.0. The molecular formula is C11H19N3O. The smallest absolute Gasteiger partial charge is 0.271 e. The zero-order valence-electron chi connectivity index (χ0n) is 9.63. The lowest BCUT2D eigenvalue weighted by atomic mass is 10.00. The fraction of sp³-hybridized carbons (Fsp3) is 0.727. The molecule has 0 unspecified atom stereocenters. The molecule has 84 valence electrons. The van der Waals surface area contributed by atoms with Gasteiger partial charge < -0.3 is 5.32 Å². The van der Waals surface area contributed by atoms with E-state index in [2.05, 4.69) is 31.2 Å². The summed E-state index contributed by atoms with van der Waals surface area (Å²) in [5.41, 5.74) is 1.08. The molecular weight excluding hydrogens is 190 g/mol. The lowest BCUT2D eigenvalue weighted by Crippen LogP contribution is -2.25. The minimum Gasteiger partial charge on any atom is -0.370 e. The summed E-state index contributed by atoms with van der Waals surface area (Å²) in [6.45, 7) is 8.11. The second kappa shape index (κ2) is 3.76. The lowest BCUT2D eigenvalue weighted by Gasteiger charge is -2.18. The quantitative estimate of drug-likeness (QED) is 0.774. The second-order valence-electron chi connectivity index (χ2n) is 4.97. The molecule has 0 bridgehead atoms. The van der Waals surface area contributed by atoms with E-state index in [0.717, 1.165) is 30.9 Å². The fourth-order valence-electron chi connectivity index (χ4n) is 2.05. The maximum atomic E-state index is 12.0. The van der Waals surface area contributed by atoms with Crippen LogP contribution in [0.1, 0.15) is 26.3 Å². The van der Waals surface area contributed by atoms with E-state index in [1.165, 1.54) is 0 Å². The highest BCUT2D eigenvalue weighted by Crippen LogP contribution is 2.19. The van der Waals surface area contributed by atoms with E-state index in [0.29, 0.717) is 11.8 Å². The van der Waals surface area contributed by atoms with Crippen molar-refractivity contribution in [3.05, 3.63) is 15.9 Å². The molecule has 1 aromatic rings. The Morgan fingerprint density at radius 2 is 2.27 bits per heavy atom. The van der Waals surface area contributed by atoms with Crippen LogP contribution in [0.4, 0.5) is 5.82 Å². The van der Waals surface area contributed by atoms with Crippen LogP contribution >= 0.6 is 0 Å².